The van der Waals surface area contributed by atoms with Crippen molar-refractivity contribution in [2.45, 2.75) is 50.4 Å². The maximum absolute atomic E-state index is 5.60. The number of aromatic nitrogens is 2. The van der Waals surface area contributed by atoms with Gasteiger partial charge in [0.05, 0.1) is 5.92 Å². The lowest BCUT2D eigenvalue weighted by molar-refractivity contribution is 0.360. The molecule has 2 aliphatic rings. The van der Waals surface area contributed by atoms with Crippen LogP contribution in [0.1, 0.15) is 67.6 Å². The molecule has 0 bridgehead atoms. The van der Waals surface area contributed by atoms with Gasteiger partial charge in [-0.05, 0) is 24.5 Å². The van der Waals surface area contributed by atoms with E-state index in [-0.39, 0.29) is 5.92 Å². The maximum Gasteiger partial charge on any atom is 0.236 e. The van der Waals surface area contributed by atoms with E-state index in [9.17, 15) is 0 Å². The topological polar surface area (TPSA) is 51.0 Å². The molecule has 1 N–H and O–H groups in total. The van der Waals surface area contributed by atoms with Gasteiger partial charge in [-0.3, -0.25) is 0 Å². The number of nitrogens with one attached hydrogen (secondary N) is 1. The van der Waals surface area contributed by atoms with Crippen LogP contribution in [-0.2, 0) is 0 Å². The highest BCUT2D eigenvalue weighted by molar-refractivity contribution is 5.59. The van der Waals surface area contributed by atoms with Gasteiger partial charge in [0.25, 0.3) is 0 Å². The Hall–Kier alpha value is -1.84. The van der Waals surface area contributed by atoms with Crippen molar-refractivity contribution in [2.75, 3.05) is 11.9 Å². The summed E-state index contributed by atoms with van der Waals surface area (Å²) in [6.45, 7) is 0.853. The zero-order valence-corrected chi connectivity index (χ0v) is 12.2. The second-order valence-electron chi connectivity index (χ2n) is 6.20. The first-order valence-electron chi connectivity index (χ1n) is 8.08. The van der Waals surface area contributed by atoms with E-state index in [1.165, 1.54) is 49.8 Å². The maximum atomic E-state index is 5.60. The molecule has 4 rings (SSSR count). The first-order chi connectivity index (χ1) is 10.4. The van der Waals surface area contributed by atoms with Crippen molar-refractivity contribution in [3.8, 4) is 0 Å². The standard InChI is InChI=1S/C17H21N3O/c1-2-4-8-12(7-3-1)16-19-17(21-20-16)14-11-18-15-10-6-5-9-13(14)15/h5-6,9-10,12,14,18H,1-4,7-8,11H2. The van der Waals surface area contributed by atoms with Crippen LogP contribution in [0.4, 0.5) is 5.69 Å². The molecule has 4 nitrogen and oxygen atoms in total. The number of para-hydroxylation sites is 1. The summed E-state index contributed by atoms with van der Waals surface area (Å²) in [6.07, 6.45) is 7.70. The minimum absolute atomic E-state index is 0.202. The Morgan fingerprint density at radius 2 is 1.86 bits per heavy atom. The largest absolute Gasteiger partial charge is 0.384 e. The minimum atomic E-state index is 0.202. The Bertz CT molecular complexity index is 614. The van der Waals surface area contributed by atoms with Crippen LogP contribution in [0.25, 0.3) is 0 Å². The molecule has 1 unspecified atom stereocenters. The van der Waals surface area contributed by atoms with Gasteiger partial charge in [-0.25, -0.2) is 0 Å². The van der Waals surface area contributed by atoms with E-state index in [2.05, 4.69) is 34.7 Å². The number of hydrogen-bond donors (Lipinski definition) is 1. The molecular weight excluding hydrogens is 262 g/mol. The van der Waals surface area contributed by atoms with Crippen molar-refractivity contribution in [3.05, 3.63) is 41.5 Å². The second kappa shape index (κ2) is 5.51. The van der Waals surface area contributed by atoms with E-state index in [4.69, 9.17) is 9.51 Å². The third-order valence-electron chi connectivity index (χ3n) is 4.81. The number of benzene rings is 1. The van der Waals surface area contributed by atoms with Crippen molar-refractivity contribution in [3.63, 3.8) is 0 Å². The molecule has 1 saturated carbocycles. The molecule has 0 spiro atoms. The van der Waals surface area contributed by atoms with E-state index in [0.717, 1.165) is 18.3 Å². The van der Waals surface area contributed by atoms with Crippen LogP contribution >= 0.6 is 0 Å². The van der Waals surface area contributed by atoms with E-state index in [1.807, 2.05) is 0 Å². The molecule has 2 heterocycles. The average Bonchev–Trinajstić information content (AvgIpc) is 3.07. The molecule has 1 atom stereocenters. The summed E-state index contributed by atoms with van der Waals surface area (Å²) in [5, 5.41) is 7.70. The number of nitrogens with zero attached hydrogens (tertiary/aromatic N) is 2. The van der Waals surface area contributed by atoms with E-state index >= 15 is 0 Å². The van der Waals surface area contributed by atoms with Gasteiger partial charge in [-0.1, -0.05) is 49.0 Å². The van der Waals surface area contributed by atoms with Gasteiger partial charge in [0.15, 0.2) is 5.82 Å². The first kappa shape index (κ1) is 12.9. The molecule has 1 aliphatic carbocycles. The number of anilines is 1. The normalized spacial score (nSPS) is 22.6. The molecule has 2 aromatic rings. The van der Waals surface area contributed by atoms with Crippen LogP contribution in [0.5, 0.6) is 0 Å². The van der Waals surface area contributed by atoms with Gasteiger partial charge in [-0.2, -0.15) is 4.98 Å². The van der Waals surface area contributed by atoms with Crippen LogP contribution in [0.2, 0.25) is 0 Å². The summed E-state index contributed by atoms with van der Waals surface area (Å²) in [6, 6.07) is 8.38. The van der Waals surface area contributed by atoms with Gasteiger partial charge in [0.2, 0.25) is 5.89 Å². The third-order valence-corrected chi connectivity index (χ3v) is 4.81. The zero-order valence-electron chi connectivity index (χ0n) is 12.2. The Morgan fingerprint density at radius 1 is 1.05 bits per heavy atom. The summed E-state index contributed by atoms with van der Waals surface area (Å²) < 4.78 is 5.60. The van der Waals surface area contributed by atoms with Crippen molar-refractivity contribution < 1.29 is 4.52 Å². The van der Waals surface area contributed by atoms with Crippen molar-refractivity contribution >= 4 is 5.69 Å². The summed E-state index contributed by atoms with van der Waals surface area (Å²) >= 11 is 0. The fourth-order valence-electron chi connectivity index (χ4n) is 3.60. The quantitative estimate of drug-likeness (QED) is 0.844. The number of fused-ring (bicyclic) bond motifs is 1. The van der Waals surface area contributed by atoms with Crippen LogP contribution in [0.15, 0.2) is 28.8 Å². The summed E-state index contributed by atoms with van der Waals surface area (Å²) in [5.41, 5.74) is 2.46. The second-order valence-corrected chi connectivity index (χ2v) is 6.20. The molecule has 1 aromatic carbocycles. The number of hydrogen-bond acceptors (Lipinski definition) is 4. The van der Waals surface area contributed by atoms with Gasteiger partial charge >= 0.3 is 0 Å². The Kier molecular flexibility index (Phi) is 3.37. The molecule has 110 valence electrons. The van der Waals surface area contributed by atoms with Crippen LogP contribution in [0.3, 0.4) is 0 Å². The number of rotatable bonds is 2. The molecule has 1 aliphatic heterocycles. The highest BCUT2D eigenvalue weighted by Gasteiger charge is 2.29. The van der Waals surface area contributed by atoms with Crippen LogP contribution in [0, 0.1) is 0 Å². The lowest BCUT2D eigenvalue weighted by Crippen LogP contribution is -2.05. The molecule has 0 amide bonds. The van der Waals surface area contributed by atoms with E-state index < -0.39 is 0 Å². The first-order valence-corrected chi connectivity index (χ1v) is 8.08. The zero-order chi connectivity index (χ0) is 14.1. The molecule has 1 fully saturated rings. The summed E-state index contributed by atoms with van der Waals surface area (Å²) in [5.74, 6) is 2.39. The van der Waals surface area contributed by atoms with Crippen molar-refractivity contribution in [1.82, 2.24) is 10.1 Å². The monoisotopic (exact) mass is 283 g/mol. The molecule has 1 aromatic heterocycles. The highest BCUT2D eigenvalue weighted by Crippen LogP contribution is 2.36. The molecule has 4 heteroatoms. The predicted octanol–water partition coefficient (Wildman–Crippen LogP) is 4.06. The molecule has 0 saturated heterocycles. The van der Waals surface area contributed by atoms with Crippen molar-refractivity contribution in [1.29, 1.82) is 0 Å². The van der Waals surface area contributed by atoms with E-state index in [1.54, 1.807) is 0 Å². The van der Waals surface area contributed by atoms with Gasteiger partial charge < -0.3 is 9.84 Å². The van der Waals surface area contributed by atoms with Gasteiger partial charge in [0.1, 0.15) is 0 Å². The fraction of sp³-hybridized carbons (Fsp3) is 0.529. The minimum Gasteiger partial charge on any atom is -0.384 e. The average molecular weight is 283 g/mol. The van der Waals surface area contributed by atoms with Crippen LogP contribution < -0.4 is 5.32 Å². The lowest BCUT2D eigenvalue weighted by Gasteiger charge is -2.08. The summed E-state index contributed by atoms with van der Waals surface area (Å²) in [7, 11) is 0. The van der Waals surface area contributed by atoms with Gasteiger partial charge in [-0.15, -0.1) is 0 Å². The van der Waals surface area contributed by atoms with Gasteiger partial charge in [0, 0.05) is 18.2 Å². The predicted molar refractivity (Wildman–Crippen MR) is 81.5 cm³/mol. The third kappa shape index (κ3) is 2.43. The molecular formula is C17H21N3O. The van der Waals surface area contributed by atoms with E-state index in [0.29, 0.717) is 5.92 Å². The fourth-order valence-corrected chi connectivity index (χ4v) is 3.60. The lowest BCUT2D eigenvalue weighted by atomic mass is 9.99. The Balaban J connectivity index is 1.57. The van der Waals surface area contributed by atoms with Crippen LogP contribution in [-0.4, -0.2) is 16.7 Å². The molecule has 0 radical (unpaired) electrons. The Labute approximate surface area is 124 Å². The highest BCUT2D eigenvalue weighted by atomic mass is 16.5. The Morgan fingerprint density at radius 3 is 2.71 bits per heavy atom. The smallest absolute Gasteiger partial charge is 0.236 e. The summed E-state index contributed by atoms with van der Waals surface area (Å²) in [4.78, 5) is 4.74. The van der Waals surface area contributed by atoms with Crippen molar-refractivity contribution in [2.24, 2.45) is 0 Å². The SMILES string of the molecule is c1ccc2c(c1)NCC2c1nc(C2CCCCCC2)no1. The molecule has 21 heavy (non-hydrogen) atoms.